The van der Waals surface area contributed by atoms with Gasteiger partial charge in [-0.1, -0.05) is 12.2 Å². The lowest BCUT2D eigenvalue weighted by atomic mass is 9.94. The third-order valence-electron chi connectivity index (χ3n) is 2.04. The lowest BCUT2D eigenvalue weighted by Crippen LogP contribution is -2.35. The second-order valence-corrected chi connectivity index (χ2v) is 4.42. The van der Waals surface area contributed by atoms with E-state index < -0.39 is 5.41 Å². The van der Waals surface area contributed by atoms with Gasteiger partial charge in [-0.05, 0) is 38.2 Å². The Kier molecular flexibility index (Phi) is 3.71. The zero-order chi connectivity index (χ0) is 11.5. The summed E-state index contributed by atoms with van der Waals surface area (Å²) in [6.45, 7) is 3.54. The molecule has 0 amide bonds. The molecule has 3 nitrogen and oxygen atoms in total. The number of aromatic nitrogens is 1. The predicted molar refractivity (Wildman–Crippen MR) is 69.5 cm³/mol. The molecule has 0 aliphatic rings. The van der Waals surface area contributed by atoms with Crippen LogP contribution in [-0.4, -0.2) is 20.1 Å². The first-order chi connectivity index (χ1) is 6.94. The second kappa shape index (κ2) is 4.63. The molecule has 0 fully saturated rings. The van der Waals surface area contributed by atoms with Crippen molar-refractivity contribution in [1.29, 1.82) is 0 Å². The molecule has 1 aromatic heterocycles. The monoisotopic (exact) mass is 240 g/mol. The minimum Gasteiger partial charge on any atom is -0.501 e. The van der Waals surface area contributed by atoms with Gasteiger partial charge < -0.3 is 10.4 Å². The van der Waals surface area contributed by atoms with E-state index in [0.717, 1.165) is 5.69 Å². The van der Waals surface area contributed by atoms with Crippen molar-refractivity contribution in [3.63, 3.8) is 0 Å². The van der Waals surface area contributed by atoms with Crippen LogP contribution in [0.5, 0.6) is 0 Å². The second-order valence-electron chi connectivity index (χ2n) is 3.62. The molecule has 0 aliphatic heterocycles. The van der Waals surface area contributed by atoms with E-state index in [9.17, 15) is 5.11 Å². The van der Waals surface area contributed by atoms with Crippen LogP contribution in [0.15, 0.2) is 24.5 Å². The molecular weight excluding hydrogens is 228 g/mol. The van der Waals surface area contributed by atoms with Gasteiger partial charge in [-0.25, -0.2) is 0 Å². The summed E-state index contributed by atoms with van der Waals surface area (Å²) in [5, 5.41) is 12.2. The standard InChI is InChI=1S/C10H12N2OS2/c1-10(2,9(13)15)8(14)12-7-3-5-11-6-4-7/h3-6H,1-2H3,(H,13,15)(H,11,12,14). The third kappa shape index (κ3) is 2.94. The highest BCUT2D eigenvalue weighted by Gasteiger charge is 2.28. The summed E-state index contributed by atoms with van der Waals surface area (Å²) in [5.41, 5.74) is 0.132. The lowest BCUT2D eigenvalue weighted by Gasteiger charge is -2.23. The lowest BCUT2D eigenvalue weighted by molar-refractivity contribution is 0.492. The van der Waals surface area contributed by atoms with Crippen molar-refractivity contribution >= 4 is 40.2 Å². The molecule has 0 atom stereocenters. The van der Waals surface area contributed by atoms with E-state index in [-0.39, 0.29) is 5.05 Å². The number of aliphatic hydroxyl groups is 1. The Morgan fingerprint density at radius 2 is 1.87 bits per heavy atom. The molecular formula is C10H12N2OS2. The topological polar surface area (TPSA) is 45.1 Å². The van der Waals surface area contributed by atoms with Gasteiger partial charge in [-0.15, -0.1) is 0 Å². The molecule has 80 valence electrons. The summed E-state index contributed by atoms with van der Waals surface area (Å²) < 4.78 is 0. The molecule has 15 heavy (non-hydrogen) atoms. The summed E-state index contributed by atoms with van der Waals surface area (Å²) in [5.74, 6) is 0. The van der Waals surface area contributed by atoms with E-state index in [1.807, 2.05) is 0 Å². The summed E-state index contributed by atoms with van der Waals surface area (Å²) in [6, 6.07) is 3.59. The Morgan fingerprint density at radius 1 is 1.33 bits per heavy atom. The Morgan fingerprint density at radius 3 is 2.33 bits per heavy atom. The van der Waals surface area contributed by atoms with E-state index in [4.69, 9.17) is 24.4 Å². The normalized spacial score (nSPS) is 10.8. The number of rotatable bonds is 3. The molecule has 0 saturated heterocycles. The van der Waals surface area contributed by atoms with Gasteiger partial charge in [-0.2, -0.15) is 0 Å². The van der Waals surface area contributed by atoms with Gasteiger partial charge in [0.15, 0.2) is 5.05 Å². The molecule has 5 heteroatoms. The van der Waals surface area contributed by atoms with Crippen LogP contribution in [0.3, 0.4) is 0 Å². The van der Waals surface area contributed by atoms with Crippen molar-refractivity contribution in [2.75, 3.05) is 5.32 Å². The molecule has 0 bridgehead atoms. The zero-order valence-corrected chi connectivity index (χ0v) is 10.2. The Bertz CT molecular complexity index is 376. The van der Waals surface area contributed by atoms with Crippen molar-refractivity contribution in [3.8, 4) is 0 Å². The molecule has 0 saturated carbocycles. The molecule has 0 aliphatic carbocycles. The number of hydrogen-bond acceptors (Lipinski definition) is 3. The average Bonchev–Trinajstić information content (AvgIpc) is 2.18. The largest absolute Gasteiger partial charge is 0.501 e. The molecule has 1 rings (SSSR count). The molecule has 0 aromatic carbocycles. The van der Waals surface area contributed by atoms with Gasteiger partial charge >= 0.3 is 0 Å². The minimum atomic E-state index is -0.700. The van der Waals surface area contributed by atoms with E-state index >= 15 is 0 Å². The van der Waals surface area contributed by atoms with Gasteiger partial charge in [0, 0.05) is 18.1 Å². The fraction of sp³-hybridized carbons (Fsp3) is 0.300. The zero-order valence-electron chi connectivity index (χ0n) is 8.52. The SMILES string of the molecule is CC(C)(C(O)=S)C(=S)Nc1ccncc1. The van der Waals surface area contributed by atoms with E-state index in [2.05, 4.69) is 10.3 Å². The number of anilines is 1. The fourth-order valence-electron chi connectivity index (χ4n) is 0.820. The van der Waals surface area contributed by atoms with Crippen LogP contribution in [0, 0.1) is 5.41 Å². The highest BCUT2D eigenvalue weighted by atomic mass is 32.1. The number of hydrogen-bond donors (Lipinski definition) is 2. The maximum atomic E-state index is 9.32. The number of aliphatic hydroxyl groups excluding tert-OH is 1. The maximum Gasteiger partial charge on any atom is 0.169 e. The van der Waals surface area contributed by atoms with Gasteiger partial charge in [-0.3, -0.25) is 4.98 Å². The number of pyridine rings is 1. The fourth-order valence-corrected chi connectivity index (χ4v) is 1.20. The first-order valence-corrected chi connectivity index (χ1v) is 5.21. The van der Waals surface area contributed by atoms with Crippen LogP contribution < -0.4 is 5.32 Å². The number of nitrogens with zero attached hydrogens (tertiary/aromatic N) is 1. The summed E-state index contributed by atoms with van der Waals surface area (Å²) in [4.78, 5) is 4.38. The van der Waals surface area contributed by atoms with Gasteiger partial charge in [0.05, 0.1) is 10.4 Å². The predicted octanol–water partition coefficient (Wildman–Crippen LogP) is 2.73. The Balaban J connectivity index is 2.77. The molecule has 0 spiro atoms. The maximum absolute atomic E-state index is 9.32. The van der Waals surface area contributed by atoms with E-state index in [1.165, 1.54) is 0 Å². The van der Waals surface area contributed by atoms with Crippen molar-refractivity contribution in [3.05, 3.63) is 24.5 Å². The van der Waals surface area contributed by atoms with Crippen molar-refractivity contribution < 1.29 is 5.11 Å². The Hall–Kier alpha value is -1.07. The van der Waals surface area contributed by atoms with Crippen molar-refractivity contribution in [2.45, 2.75) is 13.8 Å². The Labute approximate surface area is 99.5 Å². The highest BCUT2D eigenvalue weighted by molar-refractivity contribution is 7.82. The third-order valence-corrected chi connectivity index (χ3v) is 3.16. The number of thiocarbonyl (C=S) groups is 2. The molecule has 0 unspecified atom stereocenters. The molecule has 2 N–H and O–H groups in total. The van der Waals surface area contributed by atoms with Crippen LogP contribution >= 0.6 is 24.4 Å². The molecule has 1 heterocycles. The quantitative estimate of drug-likeness (QED) is 0.795. The van der Waals surface area contributed by atoms with Gasteiger partial charge in [0.25, 0.3) is 0 Å². The first-order valence-electron chi connectivity index (χ1n) is 4.39. The van der Waals surface area contributed by atoms with Gasteiger partial charge in [0.1, 0.15) is 0 Å². The van der Waals surface area contributed by atoms with Gasteiger partial charge in [0.2, 0.25) is 0 Å². The van der Waals surface area contributed by atoms with Crippen LogP contribution in [-0.2, 0) is 0 Å². The highest BCUT2D eigenvalue weighted by Crippen LogP contribution is 2.21. The summed E-state index contributed by atoms with van der Waals surface area (Å²) >= 11 is 9.91. The van der Waals surface area contributed by atoms with Crippen LogP contribution in [0.4, 0.5) is 5.69 Å². The van der Waals surface area contributed by atoms with Crippen LogP contribution in [0.25, 0.3) is 0 Å². The van der Waals surface area contributed by atoms with E-state index in [0.29, 0.717) is 4.99 Å². The van der Waals surface area contributed by atoms with Crippen molar-refractivity contribution in [2.24, 2.45) is 5.41 Å². The van der Waals surface area contributed by atoms with E-state index in [1.54, 1.807) is 38.4 Å². The molecule has 1 aromatic rings. The number of nitrogens with one attached hydrogen (secondary N) is 1. The van der Waals surface area contributed by atoms with Crippen molar-refractivity contribution in [1.82, 2.24) is 4.98 Å². The smallest absolute Gasteiger partial charge is 0.169 e. The average molecular weight is 240 g/mol. The van der Waals surface area contributed by atoms with Crippen LogP contribution in [0.2, 0.25) is 0 Å². The summed E-state index contributed by atoms with van der Waals surface area (Å²) in [7, 11) is 0. The minimum absolute atomic E-state index is 0.117. The molecule has 0 radical (unpaired) electrons. The summed E-state index contributed by atoms with van der Waals surface area (Å²) in [6.07, 6.45) is 3.32. The first kappa shape index (κ1) is 12.0. The van der Waals surface area contributed by atoms with Crippen LogP contribution in [0.1, 0.15) is 13.8 Å².